The van der Waals surface area contributed by atoms with Crippen LogP contribution in [0.15, 0.2) is 48.5 Å². The van der Waals surface area contributed by atoms with Crippen molar-refractivity contribution in [3.63, 3.8) is 0 Å². The zero-order chi connectivity index (χ0) is 15.2. The number of benzene rings is 2. The fourth-order valence-electron chi connectivity index (χ4n) is 2.39. The van der Waals surface area contributed by atoms with E-state index in [4.69, 9.17) is 5.73 Å². The summed E-state index contributed by atoms with van der Waals surface area (Å²) in [6.07, 6.45) is 0. The van der Waals surface area contributed by atoms with Crippen LogP contribution in [0.1, 0.15) is 24.1 Å². The minimum atomic E-state index is -0.297. The molecule has 0 radical (unpaired) electrons. The Bertz CT molecular complexity index is 572. The van der Waals surface area contributed by atoms with Gasteiger partial charge in [-0.15, -0.1) is 0 Å². The Balaban J connectivity index is 2.34. The van der Waals surface area contributed by atoms with Crippen molar-refractivity contribution in [1.29, 1.82) is 0 Å². The first-order valence-electron chi connectivity index (χ1n) is 7.06. The lowest BCUT2D eigenvalue weighted by Gasteiger charge is -2.27. The standard InChI is InChI=1S/C17H21FN2O/c1-13(19)16-11-15(18)7-8-17(16)20(9-10-21)12-14-5-3-2-4-6-14/h2-8,11,13,21H,9-10,12,19H2,1H3/t13-/m0/s1. The number of nitrogens with zero attached hydrogens (tertiary/aromatic N) is 1. The normalized spacial score (nSPS) is 12.2. The molecule has 0 fully saturated rings. The van der Waals surface area contributed by atoms with Gasteiger partial charge in [0.25, 0.3) is 0 Å². The van der Waals surface area contributed by atoms with Gasteiger partial charge in [-0.2, -0.15) is 0 Å². The lowest BCUT2D eigenvalue weighted by molar-refractivity contribution is 0.301. The van der Waals surface area contributed by atoms with Crippen molar-refractivity contribution in [3.8, 4) is 0 Å². The summed E-state index contributed by atoms with van der Waals surface area (Å²) in [5.41, 5.74) is 8.70. The summed E-state index contributed by atoms with van der Waals surface area (Å²) in [7, 11) is 0. The number of nitrogens with two attached hydrogens (primary N) is 1. The molecule has 0 aliphatic heterocycles. The smallest absolute Gasteiger partial charge is 0.123 e. The Morgan fingerprint density at radius 1 is 1.19 bits per heavy atom. The molecule has 0 aliphatic carbocycles. The summed E-state index contributed by atoms with van der Waals surface area (Å²) in [6, 6.07) is 14.3. The van der Waals surface area contributed by atoms with Crippen molar-refractivity contribution in [2.24, 2.45) is 5.73 Å². The third-order valence-electron chi connectivity index (χ3n) is 3.41. The summed E-state index contributed by atoms with van der Waals surface area (Å²) in [4.78, 5) is 2.02. The van der Waals surface area contributed by atoms with Gasteiger partial charge in [0.15, 0.2) is 0 Å². The van der Waals surface area contributed by atoms with E-state index < -0.39 is 0 Å². The van der Waals surface area contributed by atoms with Gasteiger partial charge in [0, 0.05) is 24.8 Å². The van der Waals surface area contributed by atoms with E-state index >= 15 is 0 Å². The molecule has 0 saturated carbocycles. The van der Waals surface area contributed by atoms with Crippen molar-refractivity contribution >= 4 is 5.69 Å². The number of hydrogen-bond donors (Lipinski definition) is 2. The Kier molecular flexibility index (Phi) is 5.31. The average molecular weight is 288 g/mol. The van der Waals surface area contributed by atoms with Crippen molar-refractivity contribution in [2.75, 3.05) is 18.1 Å². The molecule has 3 nitrogen and oxygen atoms in total. The molecule has 2 aromatic carbocycles. The number of hydrogen-bond acceptors (Lipinski definition) is 3. The highest BCUT2D eigenvalue weighted by Crippen LogP contribution is 2.27. The predicted molar refractivity (Wildman–Crippen MR) is 83.6 cm³/mol. The highest BCUT2D eigenvalue weighted by Gasteiger charge is 2.15. The van der Waals surface area contributed by atoms with Gasteiger partial charge in [0.05, 0.1) is 6.61 Å². The van der Waals surface area contributed by atoms with Crippen molar-refractivity contribution < 1.29 is 9.50 Å². The van der Waals surface area contributed by atoms with Gasteiger partial charge in [-0.05, 0) is 36.2 Å². The Hall–Kier alpha value is -1.91. The molecule has 1 atom stereocenters. The van der Waals surface area contributed by atoms with E-state index in [1.54, 1.807) is 6.07 Å². The predicted octanol–water partition coefficient (Wildman–Crippen LogP) is 2.84. The van der Waals surface area contributed by atoms with Gasteiger partial charge >= 0.3 is 0 Å². The number of anilines is 1. The summed E-state index contributed by atoms with van der Waals surface area (Å²) >= 11 is 0. The summed E-state index contributed by atoms with van der Waals surface area (Å²) < 4.78 is 13.5. The largest absolute Gasteiger partial charge is 0.395 e. The zero-order valence-corrected chi connectivity index (χ0v) is 12.2. The van der Waals surface area contributed by atoms with Gasteiger partial charge in [-0.1, -0.05) is 30.3 Å². The molecule has 4 heteroatoms. The molecule has 0 unspecified atom stereocenters. The molecule has 0 aromatic heterocycles. The maximum atomic E-state index is 13.5. The Labute approximate surface area is 124 Å². The van der Waals surface area contributed by atoms with E-state index in [1.165, 1.54) is 12.1 Å². The van der Waals surface area contributed by atoms with Crippen LogP contribution >= 0.6 is 0 Å². The summed E-state index contributed by atoms with van der Waals surface area (Å²) in [6.45, 7) is 2.98. The maximum absolute atomic E-state index is 13.5. The van der Waals surface area contributed by atoms with Gasteiger partial charge in [-0.3, -0.25) is 0 Å². The van der Waals surface area contributed by atoms with Gasteiger partial charge in [0.2, 0.25) is 0 Å². The minimum Gasteiger partial charge on any atom is -0.395 e. The molecule has 0 bridgehead atoms. The fourth-order valence-corrected chi connectivity index (χ4v) is 2.39. The molecular formula is C17H21FN2O. The summed E-state index contributed by atoms with van der Waals surface area (Å²) in [5.74, 6) is -0.297. The molecule has 0 saturated heterocycles. The molecule has 0 heterocycles. The fraction of sp³-hybridized carbons (Fsp3) is 0.294. The molecule has 0 aliphatic rings. The molecule has 0 amide bonds. The summed E-state index contributed by atoms with van der Waals surface area (Å²) in [5, 5.41) is 9.31. The van der Waals surface area contributed by atoms with Crippen LogP contribution in [0.3, 0.4) is 0 Å². The Morgan fingerprint density at radius 2 is 1.90 bits per heavy atom. The molecule has 0 spiro atoms. The van der Waals surface area contributed by atoms with Crippen LogP contribution in [0.5, 0.6) is 0 Å². The van der Waals surface area contributed by atoms with Gasteiger partial charge in [-0.25, -0.2) is 4.39 Å². The number of aliphatic hydroxyl groups is 1. The first-order chi connectivity index (χ1) is 10.1. The van der Waals surface area contributed by atoms with Crippen LogP contribution < -0.4 is 10.6 Å². The maximum Gasteiger partial charge on any atom is 0.123 e. The van der Waals surface area contributed by atoms with E-state index in [0.717, 1.165) is 16.8 Å². The van der Waals surface area contributed by atoms with Crippen molar-refractivity contribution in [1.82, 2.24) is 0 Å². The number of aliphatic hydroxyl groups excluding tert-OH is 1. The lowest BCUT2D eigenvalue weighted by atomic mass is 10.0. The van der Waals surface area contributed by atoms with Crippen molar-refractivity contribution in [3.05, 3.63) is 65.5 Å². The first kappa shape index (κ1) is 15.5. The second kappa shape index (κ2) is 7.20. The highest BCUT2D eigenvalue weighted by molar-refractivity contribution is 5.55. The number of rotatable bonds is 6. The second-order valence-electron chi connectivity index (χ2n) is 5.12. The van der Waals surface area contributed by atoms with Gasteiger partial charge < -0.3 is 15.7 Å². The number of halogens is 1. The molecular weight excluding hydrogens is 267 g/mol. The Morgan fingerprint density at radius 3 is 2.52 bits per heavy atom. The lowest BCUT2D eigenvalue weighted by Crippen LogP contribution is -2.28. The van der Waals surface area contributed by atoms with E-state index in [9.17, 15) is 9.50 Å². The van der Waals surface area contributed by atoms with Crippen LogP contribution in [-0.4, -0.2) is 18.3 Å². The highest BCUT2D eigenvalue weighted by atomic mass is 19.1. The third kappa shape index (κ3) is 4.03. The molecule has 112 valence electrons. The van der Waals surface area contributed by atoms with Crippen LogP contribution in [0.4, 0.5) is 10.1 Å². The SMILES string of the molecule is C[C@H](N)c1cc(F)ccc1N(CCO)Cc1ccccc1. The van der Waals surface area contributed by atoms with Crippen LogP contribution in [0.25, 0.3) is 0 Å². The van der Waals surface area contributed by atoms with E-state index in [1.807, 2.05) is 42.2 Å². The van der Waals surface area contributed by atoms with E-state index in [-0.39, 0.29) is 18.5 Å². The van der Waals surface area contributed by atoms with E-state index in [2.05, 4.69) is 0 Å². The molecule has 3 N–H and O–H groups in total. The zero-order valence-electron chi connectivity index (χ0n) is 12.2. The average Bonchev–Trinajstić information content (AvgIpc) is 2.48. The first-order valence-corrected chi connectivity index (χ1v) is 7.06. The van der Waals surface area contributed by atoms with Crippen molar-refractivity contribution in [2.45, 2.75) is 19.5 Å². The minimum absolute atomic E-state index is 0.0304. The third-order valence-corrected chi connectivity index (χ3v) is 3.41. The van der Waals surface area contributed by atoms with Crippen LogP contribution in [-0.2, 0) is 6.54 Å². The van der Waals surface area contributed by atoms with Crippen LogP contribution in [0.2, 0.25) is 0 Å². The topological polar surface area (TPSA) is 49.5 Å². The van der Waals surface area contributed by atoms with Gasteiger partial charge in [0.1, 0.15) is 5.82 Å². The molecule has 2 rings (SSSR count). The second-order valence-corrected chi connectivity index (χ2v) is 5.12. The molecule has 21 heavy (non-hydrogen) atoms. The monoisotopic (exact) mass is 288 g/mol. The van der Waals surface area contributed by atoms with Crippen LogP contribution in [0, 0.1) is 5.82 Å². The molecule has 2 aromatic rings. The quantitative estimate of drug-likeness (QED) is 0.859. The van der Waals surface area contributed by atoms with E-state index in [0.29, 0.717) is 13.1 Å².